The van der Waals surface area contributed by atoms with Crippen molar-refractivity contribution in [1.82, 2.24) is 0 Å². The highest BCUT2D eigenvalue weighted by Gasteiger charge is 2.09. The van der Waals surface area contributed by atoms with Gasteiger partial charge in [0, 0.05) is 9.40 Å². The first-order chi connectivity index (χ1) is 7.88. The van der Waals surface area contributed by atoms with E-state index in [2.05, 4.69) is 48.5 Å². The molecule has 4 rings (SSSR count). The normalized spacial score (nSPS) is 12.8. The van der Waals surface area contributed by atoms with Crippen LogP contribution in [0.5, 0.6) is 0 Å². The zero-order valence-corrected chi connectivity index (χ0v) is 9.55. The number of fused-ring (bicyclic) bond motifs is 5. The van der Waals surface area contributed by atoms with Crippen molar-refractivity contribution < 1.29 is 0 Å². The Hall–Kier alpha value is -1.60. The van der Waals surface area contributed by atoms with Crippen LogP contribution in [-0.2, 0) is 6.42 Å². The van der Waals surface area contributed by atoms with Gasteiger partial charge in [-0.25, -0.2) is 0 Å². The molecule has 0 saturated carbocycles. The van der Waals surface area contributed by atoms with Gasteiger partial charge in [-0.05, 0) is 52.6 Å². The molecule has 0 amide bonds. The van der Waals surface area contributed by atoms with Crippen molar-refractivity contribution in [1.29, 1.82) is 0 Å². The third-order valence-electron chi connectivity index (χ3n) is 3.27. The van der Waals surface area contributed by atoms with Crippen LogP contribution < -0.4 is 0 Å². The Labute approximate surface area is 97.8 Å². The van der Waals surface area contributed by atoms with E-state index in [0.29, 0.717) is 0 Å². The molecule has 0 nitrogen and oxygen atoms in total. The SMILES string of the molecule is c1cc2cc(c1)c1cc3cc(ccc3C1)s2. The molecule has 0 unspecified atom stereocenters. The molecule has 0 N–H and O–H groups in total. The molecule has 2 aromatic carbocycles. The third-order valence-corrected chi connectivity index (χ3v) is 4.25. The summed E-state index contributed by atoms with van der Waals surface area (Å²) in [5, 5.41) is 2.78. The lowest BCUT2D eigenvalue weighted by atomic mass is 10.1. The Kier molecular flexibility index (Phi) is 1.58. The summed E-state index contributed by atoms with van der Waals surface area (Å²) in [6.07, 6.45) is 1.09. The van der Waals surface area contributed by atoms with Crippen LogP contribution in [0.4, 0.5) is 0 Å². The minimum absolute atomic E-state index is 1.09. The molecule has 5 bridgehead atoms. The van der Waals surface area contributed by atoms with E-state index in [4.69, 9.17) is 0 Å². The van der Waals surface area contributed by atoms with E-state index < -0.39 is 0 Å². The van der Waals surface area contributed by atoms with Gasteiger partial charge in [-0.3, -0.25) is 0 Å². The van der Waals surface area contributed by atoms with Crippen molar-refractivity contribution in [2.24, 2.45) is 0 Å². The summed E-state index contributed by atoms with van der Waals surface area (Å²) < 4.78 is 2.68. The minimum Gasteiger partial charge on any atom is -0.136 e. The molecule has 0 saturated heterocycles. The van der Waals surface area contributed by atoms with Gasteiger partial charge in [-0.2, -0.15) is 0 Å². The van der Waals surface area contributed by atoms with Gasteiger partial charge in [-0.1, -0.05) is 24.3 Å². The molecule has 1 heteroatoms. The fraction of sp³-hybridized carbons (Fsp3) is 0.0667. The fourth-order valence-electron chi connectivity index (χ4n) is 2.46. The van der Waals surface area contributed by atoms with Crippen molar-refractivity contribution in [3.63, 3.8) is 0 Å². The number of rotatable bonds is 0. The van der Waals surface area contributed by atoms with Gasteiger partial charge in [0.25, 0.3) is 0 Å². The van der Waals surface area contributed by atoms with Crippen LogP contribution in [0.25, 0.3) is 20.2 Å². The molecular weight excluding hydrogens is 212 g/mol. The lowest BCUT2D eigenvalue weighted by Crippen LogP contribution is -1.81. The Morgan fingerprint density at radius 2 is 1.62 bits per heavy atom. The van der Waals surface area contributed by atoms with E-state index >= 15 is 0 Å². The summed E-state index contributed by atoms with van der Waals surface area (Å²) in [5.74, 6) is 0. The summed E-state index contributed by atoms with van der Waals surface area (Å²) in [5.41, 5.74) is 2.92. The first-order valence-electron chi connectivity index (χ1n) is 5.50. The molecule has 1 aliphatic rings. The van der Waals surface area contributed by atoms with Gasteiger partial charge < -0.3 is 0 Å². The maximum absolute atomic E-state index is 2.34. The largest absolute Gasteiger partial charge is 0.136 e. The van der Waals surface area contributed by atoms with Crippen LogP contribution in [0.15, 0.2) is 48.5 Å². The van der Waals surface area contributed by atoms with Crippen LogP contribution in [0.2, 0.25) is 0 Å². The molecule has 1 aromatic heterocycles. The smallest absolute Gasteiger partial charge is 0.0282 e. The molecule has 76 valence electrons. The molecule has 1 heterocycles. The predicted octanol–water partition coefficient (Wildman–Crippen LogP) is 4.52. The van der Waals surface area contributed by atoms with Gasteiger partial charge in [-0.15, -0.1) is 11.3 Å². The van der Waals surface area contributed by atoms with E-state index in [1.807, 2.05) is 11.3 Å². The van der Waals surface area contributed by atoms with E-state index in [1.54, 1.807) is 0 Å². The van der Waals surface area contributed by atoms with Crippen molar-refractivity contribution in [2.45, 2.75) is 6.42 Å². The van der Waals surface area contributed by atoms with E-state index in [0.717, 1.165) is 6.42 Å². The summed E-state index contributed by atoms with van der Waals surface area (Å²) in [4.78, 5) is 0. The van der Waals surface area contributed by atoms with Crippen molar-refractivity contribution in [3.05, 3.63) is 59.7 Å². The molecule has 0 aliphatic heterocycles. The van der Waals surface area contributed by atoms with E-state index in [1.165, 1.54) is 31.3 Å². The van der Waals surface area contributed by atoms with Crippen LogP contribution in [0, 0.1) is 0 Å². The zero-order valence-electron chi connectivity index (χ0n) is 8.73. The maximum atomic E-state index is 2.34. The Morgan fingerprint density at radius 1 is 0.750 bits per heavy atom. The van der Waals surface area contributed by atoms with Gasteiger partial charge >= 0.3 is 0 Å². The quantitative estimate of drug-likeness (QED) is 0.410. The minimum atomic E-state index is 1.09. The number of hydrogen-bond acceptors (Lipinski definition) is 1. The lowest BCUT2D eigenvalue weighted by molar-refractivity contribution is 1.29. The average molecular weight is 222 g/mol. The summed E-state index contributed by atoms with van der Waals surface area (Å²) in [6.45, 7) is 0. The first-order valence-corrected chi connectivity index (χ1v) is 6.32. The molecule has 0 spiro atoms. The highest BCUT2D eigenvalue weighted by atomic mass is 32.1. The first kappa shape index (κ1) is 8.54. The van der Waals surface area contributed by atoms with Crippen LogP contribution in [0.1, 0.15) is 11.1 Å². The summed E-state index contributed by atoms with van der Waals surface area (Å²) in [7, 11) is 0. The Morgan fingerprint density at radius 3 is 2.62 bits per heavy atom. The van der Waals surface area contributed by atoms with Crippen molar-refractivity contribution in [3.8, 4) is 0 Å². The van der Waals surface area contributed by atoms with Crippen LogP contribution in [-0.4, -0.2) is 0 Å². The van der Waals surface area contributed by atoms with Crippen molar-refractivity contribution >= 4 is 31.5 Å². The standard InChI is InChI=1S/C15H10S/c1-2-10-8-14(3-1)16-15-5-4-11-6-12(10)7-13(11)9-15/h1-5,7-9H,6H2. The fourth-order valence-corrected chi connectivity index (χ4v) is 3.38. The highest BCUT2D eigenvalue weighted by molar-refractivity contribution is 7.22. The third kappa shape index (κ3) is 1.15. The topological polar surface area (TPSA) is 0 Å². The van der Waals surface area contributed by atoms with Gasteiger partial charge in [0.15, 0.2) is 0 Å². The number of hydrogen-bond donors (Lipinski definition) is 0. The van der Waals surface area contributed by atoms with Crippen LogP contribution >= 0.6 is 11.3 Å². The Bertz CT molecular complexity index is 724. The van der Waals surface area contributed by atoms with Gasteiger partial charge in [0.05, 0.1) is 0 Å². The van der Waals surface area contributed by atoms with Crippen molar-refractivity contribution in [2.75, 3.05) is 0 Å². The number of benzene rings is 2. The lowest BCUT2D eigenvalue weighted by Gasteiger charge is -2.00. The van der Waals surface area contributed by atoms with Gasteiger partial charge in [0.2, 0.25) is 0 Å². The molecule has 0 fully saturated rings. The second kappa shape index (κ2) is 2.96. The predicted molar refractivity (Wildman–Crippen MR) is 71.0 cm³/mol. The molecule has 0 atom stereocenters. The monoisotopic (exact) mass is 222 g/mol. The zero-order chi connectivity index (χ0) is 10.5. The average Bonchev–Trinajstić information content (AvgIpc) is 2.72. The maximum Gasteiger partial charge on any atom is 0.0282 e. The van der Waals surface area contributed by atoms with Gasteiger partial charge in [0.1, 0.15) is 0 Å². The summed E-state index contributed by atoms with van der Waals surface area (Å²) in [6, 6.07) is 18.0. The second-order valence-corrected chi connectivity index (χ2v) is 5.48. The molecule has 1 aliphatic carbocycles. The Balaban J connectivity index is 2.34. The van der Waals surface area contributed by atoms with E-state index in [9.17, 15) is 0 Å². The molecule has 0 radical (unpaired) electrons. The highest BCUT2D eigenvalue weighted by Crippen LogP contribution is 2.30. The molecular formula is C15H10S. The molecule has 3 aromatic rings. The van der Waals surface area contributed by atoms with Crippen LogP contribution in [0.3, 0.4) is 0 Å². The summed E-state index contributed by atoms with van der Waals surface area (Å²) >= 11 is 1.85. The second-order valence-electron chi connectivity index (χ2n) is 4.34. The molecule has 16 heavy (non-hydrogen) atoms. The van der Waals surface area contributed by atoms with E-state index in [-0.39, 0.29) is 0 Å².